The van der Waals surface area contributed by atoms with Gasteiger partial charge in [0.05, 0.1) is 0 Å². The molecule has 0 aliphatic carbocycles. The first-order chi connectivity index (χ1) is 6.75. The van der Waals surface area contributed by atoms with E-state index in [0.29, 0.717) is 12.8 Å². The smallest absolute Gasteiger partial charge is 0.129 e. The predicted molar refractivity (Wildman–Crippen MR) is 58.3 cm³/mol. The van der Waals surface area contributed by atoms with E-state index in [1.54, 1.807) is 0 Å². The van der Waals surface area contributed by atoms with Crippen molar-refractivity contribution in [3.05, 3.63) is 22.8 Å². The van der Waals surface area contributed by atoms with Gasteiger partial charge in [-0.3, -0.25) is 0 Å². The van der Waals surface area contributed by atoms with Crippen LogP contribution in [0.2, 0.25) is 0 Å². The number of aromatic nitrogens is 1. The zero-order chi connectivity index (χ0) is 9.97. The average Bonchev–Trinajstić information content (AvgIpc) is 2.19. The molecule has 0 radical (unpaired) electrons. The molecule has 0 N–H and O–H groups in total. The Hall–Kier alpha value is -0.640. The third-order valence-electron chi connectivity index (χ3n) is 2.45. The van der Waals surface area contributed by atoms with Crippen LogP contribution in [0.15, 0.2) is 22.8 Å². The molecule has 0 saturated carbocycles. The van der Waals surface area contributed by atoms with E-state index < -0.39 is 6.17 Å². The Bertz CT molecular complexity index is 311. The number of hydrogen-bond donors (Lipinski definition) is 0. The number of pyridine rings is 1. The second kappa shape index (κ2) is 4.26. The van der Waals surface area contributed by atoms with Gasteiger partial charge in [0.2, 0.25) is 0 Å². The van der Waals surface area contributed by atoms with Gasteiger partial charge in [0, 0.05) is 13.1 Å². The van der Waals surface area contributed by atoms with E-state index in [-0.39, 0.29) is 0 Å². The van der Waals surface area contributed by atoms with E-state index in [0.717, 1.165) is 23.5 Å². The maximum absolute atomic E-state index is 12.9. The van der Waals surface area contributed by atoms with Crippen LogP contribution in [0, 0.1) is 0 Å². The van der Waals surface area contributed by atoms with Gasteiger partial charge >= 0.3 is 0 Å². The lowest BCUT2D eigenvalue weighted by Gasteiger charge is -2.29. The highest BCUT2D eigenvalue weighted by Gasteiger charge is 2.19. The van der Waals surface area contributed by atoms with Crippen molar-refractivity contribution < 1.29 is 4.39 Å². The van der Waals surface area contributed by atoms with Crippen LogP contribution >= 0.6 is 15.9 Å². The lowest BCUT2D eigenvalue weighted by atomic mass is 10.1. The summed E-state index contributed by atoms with van der Waals surface area (Å²) in [7, 11) is 0. The van der Waals surface area contributed by atoms with Crippen LogP contribution in [-0.4, -0.2) is 24.2 Å². The minimum absolute atomic E-state index is 0.619. The Morgan fingerprint density at radius 1 is 1.36 bits per heavy atom. The standard InChI is InChI=1S/C10H12BrFN2/c11-9-2-1-3-10(13-9)14-6-4-8(12)5-7-14/h1-3,8H,4-7H2. The Balaban J connectivity index is 2.08. The molecule has 1 fully saturated rings. The second-order valence-electron chi connectivity index (χ2n) is 3.48. The van der Waals surface area contributed by atoms with Crippen LogP contribution in [-0.2, 0) is 0 Å². The number of alkyl halides is 1. The summed E-state index contributed by atoms with van der Waals surface area (Å²) < 4.78 is 13.7. The van der Waals surface area contributed by atoms with Crippen LogP contribution in [0.4, 0.5) is 10.2 Å². The molecule has 1 aromatic heterocycles. The topological polar surface area (TPSA) is 16.1 Å². The zero-order valence-corrected chi connectivity index (χ0v) is 9.37. The van der Waals surface area contributed by atoms with Gasteiger partial charge in [0.25, 0.3) is 0 Å². The fraction of sp³-hybridized carbons (Fsp3) is 0.500. The highest BCUT2D eigenvalue weighted by atomic mass is 79.9. The van der Waals surface area contributed by atoms with Crippen molar-refractivity contribution >= 4 is 21.7 Å². The van der Waals surface area contributed by atoms with E-state index in [1.807, 2.05) is 18.2 Å². The van der Waals surface area contributed by atoms with Crippen molar-refractivity contribution in [2.45, 2.75) is 19.0 Å². The van der Waals surface area contributed by atoms with Crippen LogP contribution in [0.25, 0.3) is 0 Å². The number of anilines is 1. The quantitative estimate of drug-likeness (QED) is 0.721. The van der Waals surface area contributed by atoms with Crippen LogP contribution in [0.1, 0.15) is 12.8 Å². The minimum atomic E-state index is -0.626. The lowest BCUT2D eigenvalue weighted by Crippen LogP contribution is -2.34. The largest absolute Gasteiger partial charge is 0.356 e. The minimum Gasteiger partial charge on any atom is -0.356 e. The number of rotatable bonds is 1. The molecule has 1 aliphatic rings. The first-order valence-corrected chi connectivity index (χ1v) is 5.56. The third-order valence-corrected chi connectivity index (χ3v) is 2.89. The predicted octanol–water partition coefficient (Wildman–Crippen LogP) is 2.78. The Labute approximate surface area is 91.3 Å². The summed E-state index contributed by atoms with van der Waals surface area (Å²) in [6, 6.07) is 5.81. The van der Waals surface area contributed by atoms with Gasteiger partial charge in [0.15, 0.2) is 0 Å². The molecule has 1 aliphatic heterocycles. The fourth-order valence-corrected chi connectivity index (χ4v) is 1.99. The van der Waals surface area contributed by atoms with E-state index >= 15 is 0 Å². The highest BCUT2D eigenvalue weighted by Crippen LogP contribution is 2.20. The molecule has 0 amide bonds. The van der Waals surface area contributed by atoms with E-state index in [2.05, 4.69) is 25.8 Å². The molecule has 1 aromatic rings. The molecule has 2 rings (SSSR count). The van der Waals surface area contributed by atoms with Crippen LogP contribution in [0.3, 0.4) is 0 Å². The number of piperidine rings is 1. The summed E-state index contributed by atoms with van der Waals surface area (Å²) in [6.07, 6.45) is 0.612. The van der Waals surface area contributed by atoms with Gasteiger partial charge in [-0.25, -0.2) is 9.37 Å². The normalized spacial score (nSPS) is 18.6. The number of nitrogens with zero attached hydrogens (tertiary/aromatic N) is 2. The second-order valence-corrected chi connectivity index (χ2v) is 4.29. The molecule has 0 unspecified atom stereocenters. The van der Waals surface area contributed by atoms with E-state index in [9.17, 15) is 4.39 Å². The van der Waals surface area contributed by atoms with Crippen molar-refractivity contribution in [1.82, 2.24) is 4.98 Å². The van der Waals surface area contributed by atoms with Gasteiger partial charge in [-0.2, -0.15) is 0 Å². The zero-order valence-electron chi connectivity index (χ0n) is 7.79. The molecule has 1 saturated heterocycles. The Morgan fingerprint density at radius 3 is 2.71 bits per heavy atom. The summed E-state index contributed by atoms with van der Waals surface area (Å²) in [4.78, 5) is 6.47. The molecule has 2 heterocycles. The van der Waals surface area contributed by atoms with Crippen LogP contribution in [0.5, 0.6) is 0 Å². The first kappa shape index (κ1) is 9.90. The number of hydrogen-bond acceptors (Lipinski definition) is 2. The molecule has 0 aromatic carbocycles. The van der Waals surface area contributed by atoms with Crippen molar-refractivity contribution in [2.75, 3.05) is 18.0 Å². The summed E-state index contributed by atoms with van der Waals surface area (Å²) in [5.41, 5.74) is 0. The molecular formula is C10H12BrFN2. The summed E-state index contributed by atoms with van der Waals surface area (Å²) in [5.74, 6) is 0.936. The van der Waals surface area contributed by atoms with Crippen molar-refractivity contribution in [3.8, 4) is 0 Å². The van der Waals surface area contributed by atoms with E-state index in [4.69, 9.17) is 0 Å². The molecule has 76 valence electrons. The molecule has 2 nitrogen and oxygen atoms in total. The van der Waals surface area contributed by atoms with Gasteiger partial charge in [-0.15, -0.1) is 0 Å². The molecule has 14 heavy (non-hydrogen) atoms. The average molecular weight is 259 g/mol. The molecule has 0 bridgehead atoms. The SMILES string of the molecule is FC1CCN(c2cccc(Br)n2)CC1. The maximum atomic E-state index is 12.9. The fourth-order valence-electron chi connectivity index (χ4n) is 1.65. The summed E-state index contributed by atoms with van der Waals surface area (Å²) in [5, 5.41) is 0. The van der Waals surface area contributed by atoms with Crippen LogP contribution < -0.4 is 4.90 Å². The van der Waals surface area contributed by atoms with E-state index in [1.165, 1.54) is 0 Å². The van der Waals surface area contributed by atoms with Crippen molar-refractivity contribution in [3.63, 3.8) is 0 Å². The first-order valence-electron chi connectivity index (χ1n) is 4.77. The maximum Gasteiger partial charge on any atom is 0.129 e. The molecule has 4 heteroatoms. The molecule has 0 spiro atoms. The highest BCUT2D eigenvalue weighted by molar-refractivity contribution is 9.10. The molecule has 0 atom stereocenters. The monoisotopic (exact) mass is 258 g/mol. The van der Waals surface area contributed by atoms with Gasteiger partial charge in [-0.05, 0) is 40.9 Å². The van der Waals surface area contributed by atoms with Gasteiger partial charge < -0.3 is 4.90 Å². The summed E-state index contributed by atoms with van der Waals surface area (Å²) >= 11 is 3.33. The van der Waals surface area contributed by atoms with Crippen molar-refractivity contribution in [1.29, 1.82) is 0 Å². The van der Waals surface area contributed by atoms with Gasteiger partial charge in [0.1, 0.15) is 16.6 Å². The lowest BCUT2D eigenvalue weighted by molar-refractivity contribution is 0.276. The number of halogens is 2. The Kier molecular flexibility index (Phi) is 3.01. The third kappa shape index (κ3) is 2.23. The van der Waals surface area contributed by atoms with Gasteiger partial charge in [-0.1, -0.05) is 6.07 Å². The molecular weight excluding hydrogens is 247 g/mol. The Morgan fingerprint density at radius 2 is 2.07 bits per heavy atom. The van der Waals surface area contributed by atoms with Crippen molar-refractivity contribution in [2.24, 2.45) is 0 Å². The summed E-state index contributed by atoms with van der Waals surface area (Å²) in [6.45, 7) is 1.54.